The van der Waals surface area contributed by atoms with Crippen LogP contribution in [-0.4, -0.2) is 32.8 Å². The molecular weight excluding hydrogens is 449 g/mol. The molecule has 0 bridgehead atoms. The lowest BCUT2D eigenvalue weighted by Crippen LogP contribution is -2.17. The highest BCUT2D eigenvalue weighted by atomic mass is 19.4. The fraction of sp³-hybridized carbons (Fsp3) is 0.174. The molecule has 0 saturated carbocycles. The average Bonchev–Trinajstić information content (AvgIpc) is 3.14. The monoisotopic (exact) mass is 466 g/mol. The second-order valence-electron chi connectivity index (χ2n) is 7.29. The van der Waals surface area contributed by atoms with Crippen molar-refractivity contribution in [2.24, 2.45) is 0 Å². The van der Waals surface area contributed by atoms with Crippen LogP contribution in [0.2, 0.25) is 0 Å². The molecule has 0 radical (unpaired) electrons. The Bertz CT molecular complexity index is 1440. The largest absolute Gasteiger partial charge is 0.481 e. The number of nitrogens with one attached hydrogen (secondary N) is 1. The van der Waals surface area contributed by atoms with Gasteiger partial charge >= 0.3 is 6.18 Å². The minimum absolute atomic E-state index is 0.0757. The maximum atomic E-state index is 13.8. The highest BCUT2D eigenvalue weighted by Crippen LogP contribution is 2.36. The number of hydrogen-bond donors (Lipinski definition) is 1. The summed E-state index contributed by atoms with van der Waals surface area (Å²) in [6.45, 7) is 1.30. The van der Waals surface area contributed by atoms with Crippen molar-refractivity contribution in [2.75, 3.05) is 12.4 Å². The lowest BCUT2D eigenvalue weighted by atomic mass is 10.1. The topological polar surface area (TPSA) is 106 Å². The van der Waals surface area contributed by atoms with Gasteiger partial charge in [0.05, 0.1) is 41.7 Å². The number of anilines is 1. The SMILES string of the molecule is COc1cc(C(=O)Nc2c(C(F)(F)F)nn(Cc3ccncc3C#N)c2C)c2ccccc2n1. The Morgan fingerprint density at radius 2 is 2.03 bits per heavy atom. The van der Waals surface area contributed by atoms with E-state index in [0.29, 0.717) is 16.5 Å². The van der Waals surface area contributed by atoms with Gasteiger partial charge in [-0.05, 0) is 24.6 Å². The maximum Gasteiger partial charge on any atom is 0.437 e. The van der Waals surface area contributed by atoms with Gasteiger partial charge in [0.15, 0.2) is 5.69 Å². The zero-order chi connectivity index (χ0) is 24.5. The number of aromatic nitrogens is 4. The molecule has 3 heterocycles. The van der Waals surface area contributed by atoms with Crippen LogP contribution in [0, 0.1) is 18.3 Å². The quantitative estimate of drug-likeness (QED) is 0.469. The molecule has 172 valence electrons. The number of pyridine rings is 2. The number of amides is 1. The van der Waals surface area contributed by atoms with Gasteiger partial charge < -0.3 is 10.1 Å². The van der Waals surface area contributed by atoms with Crippen LogP contribution in [0.3, 0.4) is 0 Å². The minimum atomic E-state index is -4.83. The van der Waals surface area contributed by atoms with Crippen LogP contribution < -0.4 is 10.1 Å². The van der Waals surface area contributed by atoms with E-state index in [1.165, 1.54) is 38.6 Å². The molecule has 0 spiro atoms. The number of hydrogen-bond acceptors (Lipinski definition) is 6. The van der Waals surface area contributed by atoms with E-state index in [9.17, 15) is 23.2 Å². The number of carbonyl (C=O) groups is 1. The molecule has 0 aliphatic carbocycles. The normalized spacial score (nSPS) is 11.3. The van der Waals surface area contributed by atoms with Crippen molar-refractivity contribution in [3.05, 3.63) is 76.9 Å². The zero-order valence-electron chi connectivity index (χ0n) is 18.0. The summed E-state index contributed by atoms with van der Waals surface area (Å²) in [7, 11) is 1.38. The molecule has 11 heteroatoms. The van der Waals surface area contributed by atoms with Gasteiger partial charge in [-0.25, -0.2) is 4.98 Å². The van der Waals surface area contributed by atoms with E-state index in [1.807, 2.05) is 6.07 Å². The van der Waals surface area contributed by atoms with Crippen molar-refractivity contribution in [1.29, 1.82) is 5.26 Å². The number of para-hydroxylation sites is 1. The predicted molar refractivity (Wildman–Crippen MR) is 116 cm³/mol. The van der Waals surface area contributed by atoms with Crippen molar-refractivity contribution in [2.45, 2.75) is 19.6 Å². The summed E-state index contributed by atoms with van der Waals surface area (Å²) >= 11 is 0. The first-order valence-electron chi connectivity index (χ1n) is 9.95. The average molecular weight is 466 g/mol. The Morgan fingerprint density at radius 3 is 2.74 bits per heavy atom. The number of fused-ring (bicyclic) bond motifs is 1. The number of nitriles is 1. The van der Waals surface area contributed by atoms with Gasteiger partial charge in [-0.15, -0.1) is 0 Å². The van der Waals surface area contributed by atoms with Crippen LogP contribution in [-0.2, 0) is 12.7 Å². The van der Waals surface area contributed by atoms with Crippen LogP contribution in [0.15, 0.2) is 48.8 Å². The van der Waals surface area contributed by atoms with Gasteiger partial charge in [-0.3, -0.25) is 14.5 Å². The van der Waals surface area contributed by atoms with Gasteiger partial charge in [0.2, 0.25) is 5.88 Å². The highest BCUT2D eigenvalue weighted by molar-refractivity contribution is 6.13. The van der Waals surface area contributed by atoms with Crippen LogP contribution in [0.1, 0.15) is 32.9 Å². The van der Waals surface area contributed by atoms with Crippen LogP contribution in [0.4, 0.5) is 18.9 Å². The third kappa shape index (κ3) is 4.25. The number of nitrogens with zero attached hydrogens (tertiary/aromatic N) is 5. The molecule has 0 aliphatic heterocycles. The molecule has 0 fully saturated rings. The number of ether oxygens (including phenoxy) is 1. The van der Waals surface area contributed by atoms with Crippen molar-refractivity contribution in [1.82, 2.24) is 19.7 Å². The summed E-state index contributed by atoms with van der Waals surface area (Å²) in [4.78, 5) is 21.3. The van der Waals surface area contributed by atoms with E-state index < -0.39 is 23.5 Å². The molecule has 0 atom stereocenters. The molecule has 1 N–H and O–H groups in total. The number of methoxy groups -OCH3 is 1. The summed E-state index contributed by atoms with van der Waals surface area (Å²) < 4.78 is 47.7. The van der Waals surface area contributed by atoms with Crippen LogP contribution >= 0.6 is 0 Å². The molecule has 34 heavy (non-hydrogen) atoms. The molecule has 4 rings (SSSR count). The minimum Gasteiger partial charge on any atom is -0.481 e. The van der Waals surface area contributed by atoms with Gasteiger partial charge in [0.1, 0.15) is 6.07 Å². The zero-order valence-corrected chi connectivity index (χ0v) is 18.0. The summed E-state index contributed by atoms with van der Waals surface area (Å²) in [5, 5.41) is 15.8. The van der Waals surface area contributed by atoms with Crippen molar-refractivity contribution < 1.29 is 22.7 Å². The van der Waals surface area contributed by atoms with Gasteiger partial charge in [-0.2, -0.15) is 23.5 Å². The molecular formula is C23H17F3N6O2. The van der Waals surface area contributed by atoms with E-state index in [0.717, 1.165) is 4.68 Å². The molecule has 0 saturated heterocycles. The number of carbonyl (C=O) groups excluding carboxylic acids is 1. The lowest BCUT2D eigenvalue weighted by molar-refractivity contribution is -0.140. The third-order valence-electron chi connectivity index (χ3n) is 5.21. The Hall–Kier alpha value is -4.46. The first-order chi connectivity index (χ1) is 16.2. The van der Waals surface area contributed by atoms with E-state index in [1.54, 1.807) is 24.3 Å². The van der Waals surface area contributed by atoms with E-state index in [-0.39, 0.29) is 29.2 Å². The Balaban J connectivity index is 1.77. The van der Waals surface area contributed by atoms with Crippen molar-refractivity contribution in [3.8, 4) is 11.9 Å². The summed E-state index contributed by atoms with van der Waals surface area (Å²) in [6, 6.07) is 11.6. The number of alkyl halides is 3. The van der Waals surface area contributed by atoms with Crippen molar-refractivity contribution >= 4 is 22.5 Å². The molecule has 8 nitrogen and oxygen atoms in total. The third-order valence-corrected chi connectivity index (χ3v) is 5.21. The summed E-state index contributed by atoms with van der Waals surface area (Å²) in [5.41, 5.74) is -0.417. The molecule has 0 unspecified atom stereocenters. The van der Waals surface area contributed by atoms with E-state index in [2.05, 4.69) is 20.4 Å². The first-order valence-corrected chi connectivity index (χ1v) is 9.95. The fourth-order valence-electron chi connectivity index (χ4n) is 3.50. The van der Waals surface area contributed by atoms with Gasteiger partial charge in [0.25, 0.3) is 5.91 Å². The van der Waals surface area contributed by atoms with Gasteiger partial charge in [-0.1, -0.05) is 18.2 Å². The second-order valence-corrected chi connectivity index (χ2v) is 7.29. The van der Waals surface area contributed by atoms with Crippen LogP contribution in [0.25, 0.3) is 10.9 Å². The molecule has 1 aromatic carbocycles. The second kappa shape index (κ2) is 8.82. The molecule has 3 aromatic heterocycles. The highest BCUT2D eigenvalue weighted by Gasteiger charge is 2.39. The molecule has 4 aromatic rings. The Morgan fingerprint density at radius 1 is 1.26 bits per heavy atom. The Kier molecular flexibility index (Phi) is 5.89. The number of halogens is 3. The smallest absolute Gasteiger partial charge is 0.437 e. The fourth-order valence-corrected chi connectivity index (χ4v) is 3.50. The summed E-state index contributed by atoms with van der Waals surface area (Å²) in [6.07, 6.45) is -2.07. The molecule has 1 amide bonds. The van der Waals surface area contributed by atoms with E-state index >= 15 is 0 Å². The first kappa shape index (κ1) is 22.7. The Labute approximate surface area is 191 Å². The van der Waals surface area contributed by atoms with Crippen molar-refractivity contribution in [3.63, 3.8) is 0 Å². The maximum absolute atomic E-state index is 13.8. The number of benzene rings is 1. The number of rotatable bonds is 5. The molecule has 0 aliphatic rings. The van der Waals surface area contributed by atoms with Gasteiger partial charge in [0, 0.05) is 23.8 Å². The van der Waals surface area contributed by atoms with Crippen LogP contribution in [0.5, 0.6) is 5.88 Å². The lowest BCUT2D eigenvalue weighted by Gasteiger charge is -2.12. The predicted octanol–water partition coefficient (Wildman–Crippen LogP) is 4.33. The van der Waals surface area contributed by atoms with E-state index in [4.69, 9.17) is 4.74 Å². The summed E-state index contributed by atoms with van der Waals surface area (Å²) in [5.74, 6) is -0.624. The standard InChI is InChI=1S/C23H17F3N6O2/c1-13-20(30-22(33)17-9-19(34-2)29-18-6-4-3-5-16(17)18)21(23(24,25)26)31-32(13)12-14-7-8-28-11-15(14)10-27/h3-9,11H,12H2,1-2H3,(H,30,33).